The van der Waals surface area contributed by atoms with Crippen LogP contribution in [0.3, 0.4) is 0 Å². The lowest BCUT2D eigenvalue weighted by Crippen LogP contribution is -2.18. The minimum Gasteiger partial charge on any atom is -0.493 e. The summed E-state index contributed by atoms with van der Waals surface area (Å²) < 4.78 is 21.0. The summed E-state index contributed by atoms with van der Waals surface area (Å²) in [6.07, 6.45) is 0.702. The quantitative estimate of drug-likeness (QED) is 0.384. The zero-order valence-electron chi connectivity index (χ0n) is 14.5. The lowest BCUT2D eigenvalue weighted by molar-refractivity contribution is -0.136. The fraction of sp³-hybridized carbons (Fsp3) is 0.200. The van der Waals surface area contributed by atoms with E-state index in [1.807, 2.05) is 6.92 Å². The van der Waals surface area contributed by atoms with Crippen molar-refractivity contribution in [2.45, 2.75) is 13.3 Å². The Labute approximate surface area is 149 Å². The average Bonchev–Trinajstić information content (AvgIpc) is 2.65. The Balaban J connectivity index is 1.72. The van der Waals surface area contributed by atoms with Crippen LogP contribution in [0.1, 0.15) is 12.5 Å². The van der Waals surface area contributed by atoms with Gasteiger partial charge in [-0.2, -0.15) is 0 Å². The van der Waals surface area contributed by atoms with Gasteiger partial charge in [0.15, 0.2) is 18.1 Å². The molecule has 0 aliphatic heterocycles. The van der Waals surface area contributed by atoms with E-state index in [1.54, 1.807) is 36.4 Å². The Morgan fingerprint density at radius 1 is 1.08 bits per heavy atom. The summed E-state index contributed by atoms with van der Waals surface area (Å²) in [7, 11) is 1.52. The van der Waals surface area contributed by atoms with Crippen molar-refractivity contribution in [3.05, 3.63) is 64.5 Å². The first-order valence-corrected chi connectivity index (χ1v) is 8.14. The van der Waals surface area contributed by atoms with Crippen molar-refractivity contribution in [2.75, 3.05) is 13.7 Å². The highest BCUT2D eigenvalue weighted by atomic mass is 16.6. The molecule has 0 radical (unpaired) electrons. The van der Waals surface area contributed by atoms with E-state index in [4.69, 9.17) is 18.6 Å². The van der Waals surface area contributed by atoms with Crippen LogP contribution in [-0.2, 0) is 11.2 Å². The number of rotatable bonds is 6. The van der Waals surface area contributed by atoms with Gasteiger partial charge in [-0.15, -0.1) is 0 Å². The lowest BCUT2D eigenvalue weighted by Gasteiger charge is -2.10. The number of methoxy groups -OCH3 is 1. The molecule has 0 N–H and O–H groups in total. The molecule has 0 bridgehead atoms. The summed E-state index contributed by atoms with van der Waals surface area (Å²) in [4.78, 5) is 23.6. The molecule has 0 atom stereocenters. The number of hydrogen-bond donors (Lipinski definition) is 0. The lowest BCUT2D eigenvalue weighted by atomic mass is 10.1. The molecule has 6 heteroatoms. The van der Waals surface area contributed by atoms with Crippen molar-refractivity contribution in [2.24, 2.45) is 0 Å². The van der Waals surface area contributed by atoms with Gasteiger partial charge in [0.2, 0.25) is 0 Å². The number of benzene rings is 2. The number of para-hydroxylation sites is 2. The minimum atomic E-state index is -0.579. The molecule has 0 aliphatic carbocycles. The molecule has 0 spiro atoms. The van der Waals surface area contributed by atoms with Crippen LogP contribution in [0.5, 0.6) is 17.2 Å². The molecular formula is C20H18O6. The van der Waals surface area contributed by atoms with Crippen LogP contribution in [0.15, 0.2) is 57.7 Å². The predicted molar refractivity (Wildman–Crippen MR) is 96.0 cm³/mol. The highest BCUT2D eigenvalue weighted by molar-refractivity contribution is 5.83. The molecule has 0 unspecified atom stereocenters. The number of fused-ring (bicyclic) bond motifs is 1. The molecule has 26 heavy (non-hydrogen) atoms. The van der Waals surface area contributed by atoms with Crippen LogP contribution in [0.4, 0.5) is 0 Å². The van der Waals surface area contributed by atoms with Crippen LogP contribution in [0.2, 0.25) is 0 Å². The number of hydrogen-bond acceptors (Lipinski definition) is 6. The van der Waals surface area contributed by atoms with Crippen LogP contribution in [0, 0.1) is 0 Å². The molecule has 0 saturated heterocycles. The second-order valence-electron chi connectivity index (χ2n) is 5.52. The molecule has 1 aromatic heterocycles. The molecule has 0 aliphatic rings. The average molecular weight is 354 g/mol. The van der Waals surface area contributed by atoms with E-state index in [9.17, 15) is 9.59 Å². The highest BCUT2D eigenvalue weighted by Gasteiger charge is 2.11. The second kappa shape index (κ2) is 7.74. The van der Waals surface area contributed by atoms with Crippen molar-refractivity contribution < 1.29 is 23.4 Å². The maximum Gasteiger partial charge on any atom is 0.349 e. The normalized spacial score (nSPS) is 10.5. The van der Waals surface area contributed by atoms with Gasteiger partial charge in [-0.3, -0.25) is 0 Å². The molecule has 3 aromatic rings. The summed E-state index contributed by atoms with van der Waals surface area (Å²) in [6, 6.07) is 13.4. The third kappa shape index (κ3) is 3.85. The largest absolute Gasteiger partial charge is 0.493 e. The van der Waals surface area contributed by atoms with Gasteiger partial charge in [0.1, 0.15) is 11.3 Å². The summed E-state index contributed by atoms with van der Waals surface area (Å²) in [5.41, 5.74) is 0.830. The van der Waals surface area contributed by atoms with Crippen LogP contribution in [-0.4, -0.2) is 19.7 Å². The van der Waals surface area contributed by atoms with Crippen LogP contribution in [0.25, 0.3) is 11.0 Å². The zero-order chi connectivity index (χ0) is 18.5. The summed E-state index contributed by atoms with van der Waals surface area (Å²) >= 11 is 0. The molecule has 0 saturated carbocycles. The van der Waals surface area contributed by atoms with Gasteiger partial charge in [0, 0.05) is 17.5 Å². The number of carbonyl (C=O) groups is 1. The van der Waals surface area contributed by atoms with Crippen LogP contribution >= 0.6 is 0 Å². The molecular weight excluding hydrogens is 336 g/mol. The molecule has 1 heterocycles. The van der Waals surface area contributed by atoms with E-state index >= 15 is 0 Å². The van der Waals surface area contributed by atoms with Crippen molar-refractivity contribution in [1.29, 1.82) is 0 Å². The van der Waals surface area contributed by atoms with Crippen molar-refractivity contribution in [1.82, 2.24) is 0 Å². The van der Waals surface area contributed by atoms with E-state index < -0.39 is 11.6 Å². The number of esters is 1. The Morgan fingerprint density at radius 3 is 2.58 bits per heavy atom. The minimum absolute atomic E-state index is 0.280. The summed E-state index contributed by atoms with van der Waals surface area (Å²) in [6.45, 7) is 1.68. The van der Waals surface area contributed by atoms with Crippen molar-refractivity contribution >= 4 is 16.9 Å². The molecule has 134 valence electrons. The first-order valence-electron chi connectivity index (χ1n) is 8.14. The first kappa shape index (κ1) is 17.5. The van der Waals surface area contributed by atoms with Gasteiger partial charge < -0.3 is 18.6 Å². The Morgan fingerprint density at radius 2 is 1.85 bits per heavy atom. The Bertz CT molecular complexity index is 989. The van der Waals surface area contributed by atoms with Gasteiger partial charge in [0.05, 0.1) is 7.11 Å². The molecule has 2 aromatic carbocycles. The van der Waals surface area contributed by atoms with Gasteiger partial charge in [-0.1, -0.05) is 19.1 Å². The maximum atomic E-state index is 12.0. The molecule has 6 nitrogen and oxygen atoms in total. The second-order valence-corrected chi connectivity index (χ2v) is 5.52. The van der Waals surface area contributed by atoms with E-state index in [1.165, 1.54) is 19.2 Å². The van der Waals surface area contributed by atoms with Crippen LogP contribution < -0.4 is 19.8 Å². The van der Waals surface area contributed by atoms with Gasteiger partial charge in [-0.25, -0.2) is 9.59 Å². The fourth-order valence-electron chi connectivity index (χ4n) is 2.60. The Hall–Kier alpha value is -3.28. The monoisotopic (exact) mass is 354 g/mol. The number of ether oxygens (including phenoxy) is 3. The standard InChI is InChI=1S/C20H18O6/c1-3-13-10-19(21)26-18-11-14(8-9-15(13)18)25-20(22)12-24-17-7-5-4-6-16(17)23-2/h4-11H,3,12H2,1-2H3. The van der Waals surface area contributed by atoms with Crippen molar-refractivity contribution in [3.63, 3.8) is 0 Å². The molecule has 0 amide bonds. The highest BCUT2D eigenvalue weighted by Crippen LogP contribution is 2.26. The third-order valence-corrected chi connectivity index (χ3v) is 3.83. The van der Waals surface area contributed by atoms with E-state index in [0.717, 1.165) is 10.9 Å². The summed E-state index contributed by atoms with van der Waals surface area (Å²) in [5, 5.41) is 0.817. The SMILES string of the molecule is CCc1cc(=O)oc2cc(OC(=O)COc3ccccc3OC)ccc12. The predicted octanol–water partition coefficient (Wildman–Crippen LogP) is 3.35. The van der Waals surface area contributed by atoms with Gasteiger partial charge >= 0.3 is 11.6 Å². The molecule has 0 fully saturated rings. The van der Waals surface area contributed by atoms with E-state index in [0.29, 0.717) is 23.5 Å². The van der Waals surface area contributed by atoms with Gasteiger partial charge in [-0.05, 0) is 36.2 Å². The topological polar surface area (TPSA) is 75.0 Å². The third-order valence-electron chi connectivity index (χ3n) is 3.83. The van der Waals surface area contributed by atoms with E-state index in [2.05, 4.69) is 0 Å². The number of carbonyl (C=O) groups excluding carboxylic acids is 1. The zero-order valence-corrected chi connectivity index (χ0v) is 14.5. The Kier molecular flexibility index (Phi) is 5.22. The van der Waals surface area contributed by atoms with Crippen molar-refractivity contribution in [3.8, 4) is 17.2 Å². The van der Waals surface area contributed by atoms with Gasteiger partial charge in [0.25, 0.3) is 0 Å². The number of aryl methyl sites for hydroxylation is 1. The maximum absolute atomic E-state index is 12.0. The van der Waals surface area contributed by atoms with E-state index in [-0.39, 0.29) is 12.4 Å². The summed E-state index contributed by atoms with van der Waals surface area (Å²) in [5.74, 6) is 0.677. The smallest absolute Gasteiger partial charge is 0.349 e. The fourth-order valence-corrected chi connectivity index (χ4v) is 2.60. The molecule has 3 rings (SSSR count). The first-order chi connectivity index (χ1) is 12.6.